The molecule has 0 aliphatic carbocycles. The van der Waals surface area contributed by atoms with Crippen molar-refractivity contribution >= 4 is 29.3 Å². The van der Waals surface area contributed by atoms with Gasteiger partial charge in [-0.1, -0.05) is 6.07 Å². The number of carbonyl (C=O) groups is 1. The Morgan fingerprint density at radius 1 is 1.04 bits per heavy atom. The van der Waals surface area contributed by atoms with Crippen LogP contribution in [0, 0.1) is 27.2 Å². The predicted octanol–water partition coefficient (Wildman–Crippen LogP) is 3.16. The van der Waals surface area contributed by atoms with Crippen molar-refractivity contribution in [1.82, 2.24) is 0 Å². The Morgan fingerprint density at radius 3 is 2.35 bits per heavy atom. The molecule has 1 aliphatic heterocycles. The van der Waals surface area contributed by atoms with Crippen LogP contribution in [-0.4, -0.2) is 21.7 Å². The summed E-state index contributed by atoms with van der Waals surface area (Å²) < 4.78 is 5.12. The summed E-state index contributed by atoms with van der Waals surface area (Å²) in [4.78, 5) is 36.8. The molecule has 0 saturated carbocycles. The van der Waals surface area contributed by atoms with Crippen molar-refractivity contribution in [2.75, 3.05) is 0 Å². The van der Waals surface area contributed by atoms with E-state index < -0.39 is 15.8 Å². The van der Waals surface area contributed by atoms with Crippen molar-refractivity contribution in [2.24, 2.45) is 4.99 Å². The number of cyclic esters (lactones) is 1. The molecule has 0 saturated heterocycles. The summed E-state index contributed by atoms with van der Waals surface area (Å²) in [6, 6.07) is 9.97. The van der Waals surface area contributed by atoms with Gasteiger partial charge in [0.1, 0.15) is 0 Å². The van der Waals surface area contributed by atoms with E-state index in [9.17, 15) is 25.0 Å². The summed E-state index contributed by atoms with van der Waals surface area (Å²) in [5.41, 5.74) is 1.04. The highest BCUT2D eigenvalue weighted by Crippen LogP contribution is 2.26. The summed E-state index contributed by atoms with van der Waals surface area (Å²) in [5.74, 6) is -0.728. The Bertz CT molecular complexity index is 992. The van der Waals surface area contributed by atoms with Crippen LogP contribution in [0.3, 0.4) is 0 Å². The molecule has 0 atom stereocenters. The van der Waals surface area contributed by atoms with Crippen LogP contribution >= 0.6 is 0 Å². The van der Waals surface area contributed by atoms with E-state index in [2.05, 4.69) is 4.99 Å². The lowest BCUT2D eigenvalue weighted by Gasteiger charge is -2.04. The van der Waals surface area contributed by atoms with Gasteiger partial charge in [0.05, 0.1) is 9.85 Å². The van der Waals surface area contributed by atoms with Gasteiger partial charge >= 0.3 is 5.97 Å². The fourth-order valence-electron chi connectivity index (χ4n) is 2.43. The SMILES string of the molecule is Cc1c(C2=N/C(=C\c3ccc([N+](=O)[O-])cc3)C(=O)O2)cccc1[N+](=O)[O-]. The number of non-ortho nitro benzene ring substituents is 1. The topological polar surface area (TPSA) is 125 Å². The Balaban J connectivity index is 1.96. The van der Waals surface area contributed by atoms with Gasteiger partial charge in [-0.15, -0.1) is 0 Å². The molecule has 0 fully saturated rings. The number of hydrogen-bond donors (Lipinski definition) is 0. The zero-order chi connectivity index (χ0) is 18.8. The molecule has 130 valence electrons. The molecule has 0 bridgehead atoms. The van der Waals surface area contributed by atoms with Crippen molar-refractivity contribution in [3.8, 4) is 0 Å². The quantitative estimate of drug-likeness (QED) is 0.360. The van der Waals surface area contributed by atoms with E-state index in [-0.39, 0.29) is 23.0 Å². The third-order valence-corrected chi connectivity index (χ3v) is 3.76. The monoisotopic (exact) mass is 353 g/mol. The Hall–Kier alpha value is -3.88. The number of esters is 1. The zero-order valence-electron chi connectivity index (χ0n) is 13.4. The van der Waals surface area contributed by atoms with Gasteiger partial charge in [-0.05, 0) is 36.8 Å². The first kappa shape index (κ1) is 17.0. The highest BCUT2D eigenvalue weighted by atomic mass is 16.6. The Kier molecular flexibility index (Phi) is 4.27. The number of ether oxygens (including phenoxy) is 1. The first-order valence-electron chi connectivity index (χ1n) is 7.38. The van der Waals surface area contributed by atoms with E-state index in [0.717, 1.165) is 0 Å². The predicted molar refractivity (Wildman–Crippen MR) is 91.5 cm³/mol. The molecule has 0 N–H and O–H groups in total. The molecule has 2 aromatic rings. The summed E-state index contributed by atoms with van der Waals surface area (Å²) >= 11 is 0. The Labute approximate surface area is 146 Å². The van der Waals surface area contributed by atoms with E-state index in [1.807, 2.05) is 0 Å². The highest BCUT2D eigenvalue weighted by molar-refractivity contribution is 6.13. The molecule has 0 spiro atoms. The molecule has 1 aliphatic rings. The normalized spacial score (nSPS) is 14.9. The smallest absolute Gasteiger partial charge is 0.363 e. The lowest BCUT2D eigenvalue weighted by atomic mass is 10.1. The second-order valence-electron chi connectivity index (χ2n) is 5.39. The molecule has 0 unspecified atom stereocenters. The van der Waals surface area contributed by atoms with Gasteiger partial charge in [0.15, 0.2) is 5.70 Å². The molecule has 3 rings (SSSR count). The van der Waals surface area contributed by atoms with Crippen LogP contribution in [-0.2, 0) is 9.53 Å². The Morgan fingerprint density at radius 2 is 1.73 bits per heavy atom. The van der Waals surface area contributed by atoms with Crippen LogP contribution in [0.25, 0.3) is 6.08 Å². The lowest BCUT2D eigenvalue weighted by Crippen LogP contribution is -2.08. The standard InChI is InChI=1S/C17H11N3O6/c1-10-13(3-2-4-15(10)20(24)25)16-18-14(17(21)26-16)9-11-5-7-12(8-6-11)19(22)23/h2-9H,1H3/b14-9-. The number of rotatable bonds is 4. The minimum Gasteiger partial charge on any atom is -0.402 e. The molecule has 9 nitrogen and oxygen atoms in total. The molecular weight excluding hydrogens is 342 g/mol. The lowest BCUT2D eigenvalue weighted by molar-refractivity contribution is -0.385. The van der Waals surface area contributed by atoms with Crippen LogP contribution in [0.4, 0.5) is 11.4 Å². The molecule has 9 heteroatoms. The van der Waals surface area contributed by atoms with E-state index in [0.29, 0.717) is 16.7 Å². The summed E-state index contributed by atoms with van der Waals surface area (Å²) in [6.07, 6.45) is 1.42. The fraction of sp³-hybridized carbons (Fsp3) is 0.0588. The van der Waals surface area contributed by atoms with Crippen LogP contribution < -0.4 is 0 Å². The molecule has 0 amide bonds. The van der Waals surface area contributed by atoms with Crippen molar-refractivity contribution in [3.63, 3.8) is 0 Å². The van der Waals surface area contributed by atoms with E-state index >= 15 is 0 Å². The van der Waals surface area contributed by atoms with Crippen molar-refractivity contribution in [3.05, 3.63) is 85.1 Å². The second kappa shape index (κ2) is 6.55. The number of benzene rings is 2. The number of carbonyl (C=O) groups excluding carboxylic acids is 1. The number of nitro groups is 2. The van der Waals surface area contributed by atoms with E-state index in [1.54, 1.807) is 13.0 Å². The van der Waals surface area contributed by atoms with Gasteiger partial charge in [0.25, 0.3) is 11.4 Å². The van der Waals surface area contributed by atoms with Gasteiger partial charge in [-0.2, -0.15) is 0 Å². The zero-order valence-corrected chi connectivity index (χ0v) is 13.4. The van der Waals surface area contributed by atoms with Crippen molar-refractivity contribution in [1.29, 1.82) is 0 Å². The highest BCUT2D eigenvalue weighted by Gasteiger charge is 2.27. The van der Waals surface area contributed by atoms with Crippen LogP contribution in [0.5, 0.6) is 0 Å². The van der Waals surface area contributed by atoms with Crippen molar-refractivity contribution in [2.45, 2.75) is 6.92 Å². The summed E-state index contributed by atoms with van der Waals surface area (Å²) in [5, 5.41) is 21.7. The van der Waals surface area contributed by atoms with Gasteiger partial charge in [0.2, 0.25) is 5.90 Å². The molecule has 0 aromatic heterocycles. The summed E-state index contributed by atoms with van der Waals surface area (Å²) in [6.45, 7) is 1.54. The van der Waals surface area contributed by atoms with Crippen LogP contribution in [0.2, 0.25) is 0 Å². The van der Waals surface area contributed by atoms with E-state index in [4.69, 9.17) is 4.74 Å². The first-order chi connectivity index (χ1) is 12.4. The number of hydrogen-bond acceptors (Lipinski definition) is 7. The van der Waals surface area contributed by atoms with Gasteiger partial charge in [-0.25, -0.2) is 9.79 Å². The third kappa shape index (κ3) is 3.18. The second-order valence-corrected chi connectivity index (χ2v) is 5.39. The maximum atomic E-state index is 12.0. The van der Waals surface area contributed by atoms with Gasteiger partial charge in [0, 0.05) is 29.3 Å². The van der Waals surface area contributed by atoms with Crippen molar-refractivity contribution < 1.29 is 19.4 Å². The van der Waals surface area contributed by atoms with Crippen LogP contribution in [0.1, 0.15) is 16.7 Å². The third-order valence-electron chi connectivity index (χ3n) is 3.76. The average molecular weight is 353 g/mol. The maximum absolute atomic E-state index is 12.0. The minimum atomic E-state index is -0.704. The van der Waals surface area contributed by atoms with Gasteiger partial charge in [-0.3, -0.25) is 20.2 Å². The number of aliphatic imine (C=N–C) groups is 1. The van der Waals surface area contributed by atoms with Crippen LogP contribution in [0.15, 0.2) is 53.2 Å². The summed E-state index contributed by atoms with van der Waals surface area (Å²) in [7, 11) is 0. The minimum absolute atomic E-state index is 0.000223. The van der Waals surface area contributed by atoms with E-state index in [1.165, 1.54) is 42.5 Å². The largest absolute Gasteiger partial charge is 0.402 e. The molecule has 0 radical (unpaired) electrons. The molecule has 26 heavy (non-hydrogen) atoms. The average Bonchev–Trinajstić information content (AvgIpc) is 2.95. The number of nitro benzene ring substituents is 2. The maximum Gasteiger partial charge on any atom is 0.363 e. The number of nitrogens with zero attached hydrogens (tertiary/aromatic N) is 3. The first-order valence-corrected chi connectivity index (χ1v) is 7.38. The fourth-order valence-corrected chi connectivity index (χ4v) is 2.43. The van der Waals surface area contributed by atoms with Gasteiger partial charge < -0.3 is 4.74 Å². The molecule has 2 aromatic carbocycles. The molecular formula is C17H11N3O6. The molecule has 1 heterocycles.